The minimum atomic E-state index is -0.924. The van der Waals surface area contributed by atoms with Crippen LogP contribution in [0.1, 0.15) is 16.7 Å². The Bertz CT molecular complexity index is 1380. The normalized spacial score (nSPS) is 10.6. The fourth-order valence-electron chi connectivity index (χ4n) is 3.18. The minimum absolute atomic E-state index is 0.169. The summed E-state index contributed by atoms with van der Waals surface area (Å²) in [7, 11) is 3.00. The highest BCUT2D eigenvalue weighted by Gasteiger charge is 2.15. The minimum Gasteiger partial charge on any atom is -0.497 e. The van der Waals surface area contributed by atoms with Crippen LogP contribution in [-0.4, -0.2) is 44.8 Å². The predicted octanol–water partition coefficient (Wildman–Crippen LogP) is 4.21. The average Bonchev–Trinajstić information content (AvgIpc) is 2.93. The van der Waals surface area contributed by atoms with Crippen LogP contribution >= 0.6 is 27.5 Å². The Hall–Kier alpha value is -4.09. The smallest absolute Gasteiger partial charge is 0.329 e. The number of hydrazone groups is 1. The maximum Gasteiger partial charge on any atom is 0.329 e. The van der Waals surface area contributed by atoms with Gasteiger partial charge in [0.05, 0.1) is 24.9 Å². The fraction of sp³-hybridized carbons (Fsp3) is 0.185. The molecule has 0 spiro atoms. The number of ether oxygens (including phenoxy) is 3. The van der Waals surface area contributed by atoms with Crippen molar-refractivity contribution in [3.8, 4) is 17.2 Å². The van der Waals surface area contributed by atoms with Gasteiger partial charge in [-0.2, -0.15) is 5.10 Å². The van der Waals surface area contributed by atoms with E-state index in [0.29, 0.717) is 38.0 Å². The number of nitrogens with one attached hydrogen (secondary N) is 3. The van der Waals surface area contributed by atoms with E-state index in [1.165, 1.54) is 13.3 Å². The third kappa shape index (κ3) is 8.72. The molecule has 10 nitrogen and oxygen atoms in total. The summed E-state index contributed by atoms with van der Waals surface area (Å²) in [5, 5.41) is 9.60. The molecule has 3 N–H and O–H groups in total. The molecule has 12 heteroatoms. The molecule has 3 aromatic rings. The van der Waals surface area contributed by atoms with Gasteiger partial charge in [0.2, 0.25) is 0 Å². The Labute approximate surface area is 238 Å². The van der Waals surface area contributed by atoms with Gasteiger partial charge in [-0.25, -0.2) is 5.43 Å². The van der Waals surface area contributed by atoms with Gasteiger partial charge in [0.1, 0.15) is 5.75 Å². The third-order valence-corrected chi connectivity index (χ3v) is 6.25. The molecule has 3 aromatic carbocycles. The van der Waals surface area contributed by atoms with Crippen LogP contribution < -0.4 is 30.3 Å². The molecule has 3 amide bonds. The maximum atomic E-state index is 12.3. The lowest BCUT2D eigenvalue weighted by Crippen LogP contribution is -2.37. The number of methoxy groups -OCH3 is 2. The molecular formula is C27H26BrClN4O6. The van der Waals surface area contributed by atoms with Gasteiger partial charge >= 0.3 is 11.8 Å². The van der Waals surface area contributed by atoms with Crippen LogP contribution in [0.5, 0.6) is 17.2 Å². The van der Waals surface area contributed by atoms with Crippen molar-refractivity contribution in [1.29, 1.82) is 0 Å². The third-order valence-electron chi connectivity index (χ3n) is 5.25. The molecule has 0 bridgehead atoms. The van der Waals surface area contributed by atoms with E-state index in [1.807, 2.05) is 6.92 Å². The van der Waals surface area contributed by atoms with Crippen molar-refractivity contribution in [2.75, 3.05) is 26.1 Å². The number of hydrogen-bond acceptors (Lipinski definition) is 7. The SMILES string of the molecule is COc1ccc(CNC(=O)C(=O)N/N=C\c2cc(Br)c(OCC(=O)Nc3ccc(C)c(Cl)c3)c(OC)c2)cc1. The van der Waals surface area contributed by atoms with Crippen molar-refractivity contribution >= 4 is 57.2 Å². The topological polar surface area (TPSA) is 127 Å². The highest BCUT2D eigenvalue weighted by atomic mass is 79.9. The van der Waals surface area contributed by atoms with E-state index in [2.05, 4.69) is 37.1 Å². The number of anilines is 1. The molecule has 0 heterocycles. The van der Waals surface area contributed by atoms with Crippen molar-refractivity contribution in [3.05, 3.63) is 80.8 Å². The number of halogens is 2. The number of benzene rings is 3. The molecule has 39 heavy (non-hydrogen) atoms. The number of rotatable bonds is 10. The molecule has 3 rings (SSSR count). The first-order chi connectivity index (χ1) is 18.7. The Morgan fingerprint density at radius 2 is 1.74 bits per heavy atom. The monoisotopic (exact) mass is 616 g/mol. The zero-order chi connectivity index (χ0) is 28.4. The molecule has 0 fully saturated rings. The van der Waals surface area contributed by atoms with E-state index in [1.54, 1.807) is 61.7 Å². The lowest BCUT2D eigenvalue weighted by molar-refractivity contribution is -0.139. The summed E-state index contributed by atoms with van der Waals surface area (Å²) in [4.78, 5) is 36.4. The quantitative estimate of drug-likeness (QED) is 0.178. The fourth-order valence-corrected chi connectivity index (χ4v) is 3.94. The molecule has 0 aromatic heterocycles. The second-order valence-corrected chi connectivity index (χ2v) is 9.33. The van der Waals surface area contributed by atoms with E-state index < -0.39 is 11.8 Å². The molecular weight excluding hydrogens is 592 g/mol. The van der Waals surface area contributed by atoms with Gasteiger partial charge in [0, 0.05) is 17.3 Å². The zero-order valence-electron chi connectivity index (χ0n) is 21.3. The number of amides is 3. The Morgan fingerprint density at radius 1 is 1.00 bits per heavy atom. The van der Waals surface area contributed by atoms with Gasteiger partial charge in [-0.05, 0) is 75.9 Å². The maximum absolute atomic E-state index is 12.3. The first-order valence-electron chi connectivity index (χ1n) is 11.5. The van der Waals surface area contributed by atoms with Crippen LogP contribution in [0.15, 0.2) is 64.2 Å². The van der Waals surface area contributed by atoms with Crippen LogP contribution in [0.4, 0.5) is 5.69 Å². The molecule has 0 atom stereocenters. The molecule has 0 unspecified atom stereocenters. The van der Waals surface area contributed by atoms with Crippen molar-refractivity contribution in [3.63, 3.8) is 0 Å². The zero-order valence-corrected chi connectivity index (χ0v) is 23.7. The first kappa shape index (κ1) is 29.5. The second-order valence-electron chi connectivity index (χ2n) is 8.06. The van der Waals surface area contributed by atoms with Gasteiger partial charge in [-0.3, -0.25) is 14.4 Å². The van der Waals surface area contributed by atoms with E-state index >= 15 is 0 Å². The number of carbonyl (C=O) groups excluding carboxylic acids is 3. The summed E-state index contributed by atoms with van der Waals surface area (Å²) in [5.41, 5.74) is 4.96. The lowest BCUT2D eigenvalue weighted by atomic mass is 10.2. The van der Waals surface area contributed by atoms with E-state index in [-0.39, 0.29) is 19.1 Å². The van der Waals surface area contributed by atoms with Gasteiger partial charge in [-0.1, -0.05) is 29.8 Å². The lowest BCUT2D eigenvalue weighted by Gasteiger charge is -2.13. The van der Waals surface area contributed by atoms with Crippen molar-refractivity contribution in [2.24, 2.45) is 5.10 Å². The van der Waals surface area contributed by atoms with E-state index in [4.69, 9.17) is 25.8 Å². The average molecular weight is 618 g/mol. The molecule has 0 aliphatic carbocycles. The number of nitrogens with zero attached hydrogens (tertiary/aromatic N) is 1. The van der Waals surface area contributed by atoms with Crippen LogP contribution in [0, 0.1) is 6.92 Å². The van der Waals surface area contributed by atoms with Crippen LogP contribution in [0.2, 0.25) is 5.02 Å². The number of carbonyl (C=O) groups is 3. The standard InChI is InChI=1S/C27H26BrClN4O6/c1-16-4-7-19(12-22(16)29)32-24(34)15-39-25-21(28)10-18(11-23(25)38-3)14-31-33-27(36)26(35)30-13-17-5-8-20(37-2)9-6-17/h4-12,14H,13,15H2,1-3H3,(H,30,35)(H,32,34)(H,33,36)/b31-14-. The van der Waals surface area contributed by atoms with Gasteiger partial charge in [-0.15, -0.1) is 0 Å². The van der Waals surface area contributed by atoms with E-state index in [0.717, 1.165) is 11.1 Å². The van der Waals surface area contributed by atoms with Crippen LogP contribution in [0.25, 0.3) is 0 Å². The second kappa shape index (κ2) is 14.2. The summed E-state index contributed by atoms with van der Waals surface area (Å²) in [6, 6.07) is 15.5. The molecule has 0 aliphatic rings. The highest BCUT2D eigenvalue weighted by molar-refractivity contribution is 9.10. The van der Waals surface area contributed by atoms with Crippen molar-refractivity contribution in [1.82, 2.24) is 10.7 Å². The largest absolute Gasteiger partial charge is 0.497 e. The Morgan fingerprint density at radius 3 is 2.41 bits per heavy atom. The van der Waals surface area contributed by atoms with Gasteiger partial charge < -0.3 is 24.8 Å². The van der Waals surface area contributed by atoms with Gasteiger partial charge in [0.25, 0.3) is 5.91 Å². The predicted molar refractivity (Wildman–Crippen MR) is 152 cm³/mol. The number of hydrogen-bond donors (Lipinski definition) is 3. The summed E-state index contributed by atoms with van der Waals surface area (Å²) in [6.45, 7) is 1.75. The molecule has 0 saturated heterocycles. The van der Waals surface area contributed by atoms with Crippen LogP contribution in [0.3, 0.4) is 0 Å². The summed E-state index contributed by atoms with van der Waals surface area (Å²) >= 11 is 9.49. The van der Waals surface area contributed by atoms with E-state index in [9.17, 15) is 14.4 Å². The first-order valence-corrected chi connectivity index (χ1v) is 12.7. The van der Waals surface area contributed by atoms with Gasteiger partial charge in [0.15, 0.2) is 18.1 Å². The van der Waals surface area contributed by atoms with Crippen molar-refractivity contribution < 1.29 is 28.6 Å². The number of aryl methyl sites for hydroxylation is 1. The summed E-state index contributed by atoms with van der Waals surface area (Å²) in [6.07, 6.45) is 1.33. The van der Waals surface area contributed by atoms with Crippen LogP contribution in [-0.2, 0) is 20.9 Å². The Balaban J connectivity index is 1.53. The van der Waals surface area contributed by atoms with Crippen molar-refractivity contribution in [2.45, 2.75) is 13.5 Å². The molecule has 204 valence electrons. The summed E-state index contributed by atoms with van der Waals surface area (Å²) in [5.74, 6) is -0.839. The summed E-state index contributed by atoms with van der Waals surface area (Å²) < 4.78 is 16.6. The molecule has 0 aliphatic heterocycles. The molecule has 0 saturated carbocycles. The Kier molecular flexibility index (Phi) is 10.7. The molecule has 0 radical (unpaired) electrons. The highest BCUT2D eigenvalue weighted by Crippen LogP contribution is 2.36.